The Morgan fingerprint density at radius 3 is 2.81 bits per heavy atom. The Hall–Kier alpha value is -2.35. The number of nitriles is 1. The second-order valence-corrected chi connectivity index (χ2v) is 5.26. The Labute approximate surface area is 123 Å². The molecule has 0 heterocycles. The zero-order valence-electron chi connectivity index (χ0n) is 11.8. The molecule has 1 aliphatic rings. The normalized spacial score (nSPS) is 14.4. The van der Waals surface area contributed by atoms with Gasteiger partial charge in [0.05, 0.1) is 11.6 Å². The maximum absolute atomic E-state index is 11.7. The molecule has 1 aliphatic carbocycles. The molecule has 0 unspecified atom stereocenters. The first-order valence-electron chi connectivity index (χ1n) is 7.13. The van der Waals surface area contributed by atoms with Crippen LogP contribution < -0.4 is 5.32 Å². The van der Waals surface area contributed by atoms with E-state index >= 15 is 0 Å². The van der Waals surface area contributed by atoms with Crippen molar-refractivity contribution >= 4 is 17.6 Å². The Bertz CT molecular complexity index is 557. The van der Waals surface area contributed by atoms with Gasteiger partial charge in [0.25, 0.3) is 5.91 Å². The lowest BCUT2D eigenvalue weighted by atomic mass is 10.1. The standard InChI is InChI=1S/C16H18N2O3/c17-10-13-6-3-7-14(8-13)18-15(19)11-21-16(20)9-12-4-1-2-5-12/h3,6-8,12H,1-2,4-5,9,11H2,(H,18,19). The lowest BCUT2D eigenvalue weighted by molar-refractivity contribution is -0.148. The van der Waals surface area contributed by atoms with Gasteiger partial charge in [0.2, 0.25) is 0 Å². The molecule has 0 atom stereocenters. The molecule has 0 spiro atoms. The maximum Gasteiger partial charge on any atom is 0.306 e. The van der Waals surface area contributed by atoms with Gasteiger partial charge in [0, 0.05) is 12.1 Å². The molecule has 0 radical (unpaired) electrons. The van der Waals surface area contributed by atoms with Crippen LogP contribution in [0.25, 0.3) is 0 Å². The fourth-order valence-corrected chi connectivity index (χ4v) is 2.52. The Balaban J connectivity index is 1.73. The molecule has 0 aliphatic heterocycles. The number of nitrogens with zero attached hydrogens (tertiary/aromatic N) is 1. The first-order chi connectivity index (χ1) is 10.2. The summed E-state index contributed by atoms with van der Waals surface area (Å²) in [7, 11) is 0. The zero-order valence-corrected chi connectivity index (χ0v) is 11.8. The van der Waals surface area contributed by atoms with Gasteiger partial charge in [0.1, 0.15) is 0 Å². The van der Waals surface area contributed by atoms with Crippen LogP contribution in [0.4, 0.5) is 5.69 Å². The molecule has 110 valence electrons. The van der Waals surface area contributed by atoms with Crippen molar-refractivity contribution in [3.05, 3.63) is 29.8 Å². The van der Waals surface area contributed by atoms with Crippen molar-refractivity contribution in [3.8, 4) is 6.07 Å². The lowest BCUT2D eigenvalue weighted by Gasteiger charge is -2.09. The maximum atomic E-state index is 11.7. The first-order valence-corrected chi connectivity index (χ1v) is 7.13. The summed E-state index contributed by atoms with van der Waals surface area (Å²) < 4.78 is 4.98. The molecule has 5 nitrogen and oxygen atoms in total. The summed E-state index contributed by atoms with van der Waals surface area (Å²) in [6.45, 7) is -0.289. The van der Waals surface area contributed by atoms with E-state index in [1.165, 1.54) is 12.8 Å². The van der Waals surface area contributed by atoms with E-state index < -0.39 is 5.91 Å². The average molecular weight is 286 g/mol. The van der Waals surface area contributed by atoms with Crippen LogP contribution in [0.15, 0.2) is 24.3 Å². The fourth-order valence-electron chi connectivity index (χ4n) is 2.52. The summed E-state index contributed by atoms with van der Waals surface area (Å²) >= 11 is 0. The average Bonchev–Trinajstić information content (AvgIpc) is 2.98. The third kappa shape index (κ3) is 4.92. The number of hydrogen-bond donors (Lipinski definition) is 1. The van der Waals surface area contributed by atoms with Crippen molar-refractivity contribution in [2.45, 2.75) is 32.1 Å². The number of hydrogen-bond acceptors (Lipinski definition) is 4. The minimum atomic E-state index is -0.398. The highest BCUT2D eigenvalue weighted by atomic mass is 16.5. The molecule has 2 rings (SSSR count). The summed E-state index contributed by atoms with van der Waals surface area (Å²) in [5.41, 5.74) is 0.983. The van der Waals surface area contributed by atoms with Crippen LogP contribution in [0.5, 0.6) is 0 Å². The molecule has 1 amide bonds. The number of carbonyl (C=O) groups excluding carboxylic acids is 2. The van der Waals surface area contributed by atoms with Crippen molar-refractivity contribution < 1.29 is 14.3 Å². The molecule has 1 aromatic carbocycles. The summed E-state index contributed by atoms with van der Waals surface area (Å²) in [6.07, 6.45) is 4.89. The molecule has 0 bridgehead atoms. The second kappa shape index (κ2) is 7.44. The predicted molar refractivity (Wildman–Crippen MR) is 77.3 cm³/mol. The van der Waals surface area contributed by atoms with Crippen LogP contribution in [0.3, 0.4) is 0 Å². The highest BCUT2D eigenvalue weighted by Crippen LogP contribution is 2.27. The van der Waals surface area contributed by atoms with Crippen molar-refractivity contribution in [2.75, 3.05) is 11.9 Å². The van der Waals surface area contributed by atoms with E-state index in [2.05, 4.69) is 5.32 Å². The van der Waals surface area contributed by atoms with Crippen LogP contribution in [0.1, 0.15) is 37.7 Å². The van der Waals surface area contributed by atoms with E-state index in [1.54, 1.807) is 24.3 Å². The van der Waals surface area contributed by atoms with Gasteiger partial charge in [-0.1, -0.05) is 18.9 Å². The Morgan fingerprint density at radius 1 is 1.33 bits per heavy atom. The molecule has 21 heavy (non-hydrogen) atoms. The summed E-state index contributed by atoms with van der Waals surface area (Å²) in [4.78, 5) is 23.3. The zero-order chi connectivity index (χ0) is 15.1. The Morgan fingerprint density at radius 2 is 2.10 bits per heavy atom. The van der Waals surface area contributed by atoms with Gasteiger partial charge in [0.15, 0.2) is 6.61 Å². The van der Waals surface area contributed by atoms with E-state index in [9.17, 15) is 9.59 Å². The van der Waals surface area contributed by atoms with Gasteiger partial charge in [-0.3, -0.25) is 9.59 Å². The van der Waals surface area contributed by atoms with Crippen molar-refractivity contribution in [1.82, 2.24) is 0 Å². The van der Waals surface area contributed by atoms with Crippen molar-refractivity contribution in [1.29, 1.82) is 5.26 Å². The summed E-state index contributed by atoms with van der Waals surface area (Å²) in [5, 5.41) is 11.4. The number of rotatable bonds is 5. The summed E-state index contributed by atoms with van der Waals surface area (Å²) in [5.74, 6) is -0.305. The van der Waals surface area contributed by atoms with Crippen molar-refractivity contribution in [3.63, 3.8) is 0 Å². The van der Waals surface area contributed by atoms with Gasteiger partial charge < -0.3 is 10.1 Å². The monoisotopic (exact) mass is 286 g/mol. The number of carbonyl (C=O) groups is 2. The predicted octanol–water partition coefficient (Wildman–Crippen LogP) is 2.62. The summed E-state index contributed by atoms with van der Waals surface area (Å²) in [6, 6.07) is 8.57. The van der Waals surface area contributed by atoms with Crippen LogP contribution in [-0.4, -0.2) is 18.5 Å². The van der Waals surface area contributed by atoms with Gasteiger partial charge in [-0.2, -0.15) is 5.26 Å². The minimum absolute atomic E-state index is 0.289. The largest absolute Gasteiger partial charge is 0.456 e. The Kier molecular flexibility index (Phi) is 5.33. The van der Waals surface area contributed by atoms with Crippen LogP contribution in [-0.2, 0) is 14.3 Å². The molecule has 0 saturated heterocycles. The van der Waals surface area contributed by atoms with Crippen LogP contribution in [0.2, 0.25) is 0 Å². The fraction of sp³-hybridized carbons (Fsp3) is 0.438. The smallest absolute Gasteiger partial charge is 0.306 e. The number of amides is 1. The molecule has 0 aromatic heterocycles. The van der Waals surface area contributed by atoms with Gasteiger partial charge in [-0.25, -0.2) is 0 Å². The molecule has 1 saturated carbocycles. The van der Waals surface area contributed by atoms with Gasteiger partial charge in [-0.05, 0) is 37.0 Å². The second-order valence-electron chi connectivity index (χ2n) is 5.26. The highest BCUT2D eigenvalue weighted by Gasteiger charge is 2.19. The van der Waals surface area contributed by atoms with Crippen LogP contribution >= 0.6 is 0 Å². The molecule has 1 aromatic rings. The third-order valence-electron chi connectivity index (χ3n) is 3.57. The van der Waals surface area contributed by atoms with Crippen molar-refractivity contribution in [2.24, 2.45) is 5.92 Å². The lowest BCUT2D eigenvalue weighted by Crippen LogP contribution is -2.21. The quantitative estimate of drug-likeness (QED) is 0.844. The number of benzene rings is 1. The minimum Gasteiger partial charge on any atom is -0.456 e. The van der Waals surface area contributed by atoms with E-state index in [0.717, 1.165) is 12.8 Å². The number of ether oxygens (including phenoxy) is 1. The number of nitrogens with one attached hydrogen (secondary N) is 1. The SMILES string of the molecule is N#Cc1cccc(NC(=O)COC(=O)CC2CCCC2)c1. The molecule has 1 N–H and O–H groups in total. The first kappa shape index (κ1) is 15.0. The number of esters is 1. The van der Waals surface area contributed by atoms with Gasteiger partial charge in [-0.15, -0.1) is 0 Å². The third-order valence-corrected chi connectivity index (χ3v) is 3.57. The molecule has 5 heteroatoms. The van der Waals surface area contributed by atoms with E-state index in [4.69, 9.17) is 10.00 Å². The van der Waals surface area contributed by atoms with Crippen LogP contribution in [0, 0.1) is 17.2 Å². The van der Waals surface area contributed by atoms with E-state index in [-0.39, 0.29) is 12.6 Å². The topological polar surface area (TPSA) is 79.2 Å². The molecule has 1 fully saturated rings. The number of anilines is 1. The highest BCUT2D eigenvalue weighted by molar-refractivity contribution is 5.92. The van der Waals surface area contributed by atoms with E-state index in [1.807, 2.05) is 6.07 Å². The molecular formula is C16H18N2O3. The van der Waals surface area contributed by atoms with Gasteiger partial charge >= 0.3 is 5.97 Å². The molecular weight excluding hydrogens is 268 g/mol. The van der Waals surface area contributed by atoms with E-state index in [0.29, 0.717) is 23.6 Å².